The number of hydrogen-bond donors (Lipinski definition) is 2. The van der Waals surface area contributed by atoms with Crippen LogP contribution in [0.5, 0.6) is 0 Å². The van der Waals surface area contributed by atoms with E-state index in [2.05, 4.69) is 0 Å². The molecule has 0 unspecified atom stereocenters. The van der Waals surface area contributed by atoms with Crippen LogP contribution in [0.25, 0.3) is 0 Å². The minimum atomic E-state index is -1.27. The first kappa shape index (κ1) is 12.9. The van der Waals surface area contributed by atoms with E-state index < -0.39 is 17.5 Å². The van der Waals surface area contributed by atoms with Gasteiger partial charge in [-0.3, -0.25) is 9.59 Å². The second kappa shape index (κ2) is 5.25. The summed E-state index contributed by atoms with van der Waals surface area (Å²) in [6.45, 7) is 1.76. The summed E-state index contributed by atoms with van der Waals surface area (Å²) in [6, 6.07) is 4.09. The molecule has 0 fully saturated rings. The van der Waals surface area contributed by atoms with Crippen molar-refractivity contribution < 1.29 is 19.5 Å². The summed E-state index contributed by atoms with van der Waals surface area (Å²) in [4.78, 5) is 34.2. The van der Waals surface area contributed by atoms with Crippen LogP contribution < -0.4 is 5.73 Å². The molecule has 0 atom stereocenters. The molecule has 17 heavy (non-hydrogen) atoms. The zero-order valence-electron chi connectivity index (χ0n) is 9.40. The number of anilines is 1. The smallest absolute Gasteiger partial charge is 0.336 e. The van der Waals surface area contributed by atoms with Gasteiger partial charge in [0.05, 0.1) is 11.1 Å². The predicted octanol–water partition coefficient (Wildman–Crippen LogP) is 1.52. The highest BCUT2D eigenvalue weighted by Crippen LogP contribution is 2.19. The summed E-state index contributed by atoms with van der Waals surface area (Å²) in [6.07, 6.45) is 0.617. The van der Waals surface area contributed by atoms with Gasteiger partial charge < -0.3 is 10.8 Å². The van der Waals surface area contributed by atoms with E-state index in [9.17, 15) is 14.4 Å². The maximum atomic E-state index is 11.8. The van der Waals surface area contributed by atoms with Gasteiger partial charge >= 0.3 is 5.97 Å². The molecular weight excluding hydrogens is 222 g/mol. The Balaban J connectivity index is 3.25. The molecule has 0 radical (unpaired) electrons. The Morgan fingerprint density at radius 3 is 2.47 bits per heavy atom. The summed E-state index contributed by atoms with van der Waals surface area (Å²) in [5, 5.41) is 8.93. The lowest BCUT2D eigenvalue weighted by atomic mass is 9.97. The summed E-state index contributed by atoms with van der Waals surface area (Å²) in [5.41, 5.74) is 5.12. The van der Waals surface area contributed by atoms with Crippen molar-refractivity contribution in [3.05, 3.63) is 29.3 Å². The predicted molar refractivity (Wildman–Crippen MR) is 62.1 cm³/mol. The lowest BCUT2D eigenvalue weighted by molar-refractivity contribution is -0.115. The highest BCUT2D eigenvalue weighted by atomic mass is 16.4. The standard InChI is InChI=1S/C12H13NO4/c1-2-4-9(14)11(15)10-7(12(16)17)5-3-6-8(10)13/h3,5-6H,2,4,13H2,1H3,(H,16,17). The number of nitrogen functional groups attached to an aromatic ring is 1. The highest BCUT2D eigenvalue weighted by Gasteiger charge is 2.23. The first-order valence-corrected chi connectivity index (χ1v) is 5.18. The van der Waals surface area contributed by atoms with Crippen molar-refractivity contribution in [2.45, 2.75) is 19.8 Å². The van der Waals surface area contributed by atoms with Crippen LogP contribution in [0.2, 0.25) is 0 Å². The van der Waals surface area contributed by atoms with E-state index in [1.807, 2.05) is 0 Å². The Labute approximate surface area is 98.2 Å². The number of Topliss-reactive ketones (excluding diaryl/α,β-unsaturated/α-hetero) is 2. The van der Waals surface area contributed by atoms with Gasteiger partial charge in [0.1, 0.15) is 0 Å². The van der Waals surface area contributed by atoms with E-state index in [-0.39, 0.29) is 23.2 Å². The maximum absolute atomic E-state index is 11.8. The largest absolute Gasteiger partial charge is 0.478 e. The molecule has 5 heteroatoms. The number of hydrogen-bond acceptors (Lipinski definition) is 4. The van der Waals surface area contributed by atoms with E-state index in [0.29, 0.717) is 6.42 Å². The number of benzene rings is 1. The number of aromatic carboxylic acids is 1. The first-order valence-electron chi connectivity index (χ1n) is 5.18. The zero-order chi connectivity index (χ0) is 13.0. The third-order valence-electron chi connectivity index (χ3n) is 2.28. The number of carboxylic acid groups (broad SMARTS) is 1. The zero-order valence-corrected chi connectivity index (χ0v) is 9.40. The van der Waals surface area contributed by atoms with Gasteiger partial charge in [0.15, 0.2) is 0 Å². The van der Waals surface area contributed by atoms with Crippen LogP contribution in [0.15, 0.2) is 18.2 Å². The van der Waals surface area contributed by atoms with Crippen LogP contribution in [0.3, 0.4) is 0 Å². The fourth-order valence-corrected chi connectivity index (χ4v) is 1.48. The molecule has 0 aliphatic heterocycles. The molecule has 0 aliphatic rings. The fourth-order valence-electron chi connectivity index (χ4n) is 1.48. The molecule has 0 saturated carbocycles. The molecule has 5 nitrogen and oxygen atoms in total. The third kappa shape index (κ3) is 2.69. The number of nitrogens with two attached hydrogens (primary N) is 1. The van der Waals surface area contributed by atoms with Gasteiger partial charge in [-0.15, -0.1) is 0 Å². The van der Waals surface area contributed by atoms with Gasteiger partial charge in [0.2, 0.25) is 11.6 Å². The lowest BCUT2D eigenvalue weighted by Crippen LogP contribution is -2.19. The molecule has 0 bridgehead atoms. The van der Waals surface area contributed by atoms with Gasteiger partial charge in [0.25, 0.3) is 0 Å². The molecule has 0 spiro atoms. The van der Waals surface area contributed by atoms with Crippen molar-refractivity contribution in [3.8, 4) is 0 Å². The number of carbonyl (C=O) groups excluding carboxylic acids is 2. The van der Waals surface area contributed by atoms with Crippen molar-refractivity contribution in [1.82, 2.24) is 0 Å². The van der Waals surface area contributed by atoms with E-state index in [1.54, 1.807) is 6.92 Å². The molecule has 90 valence electrons. The summed E-state index contributed by atoms with van der Waals surface area (Å²) < 4.78 is 0. The van der Waals surface area contributed by atoms with Crippen LogP contribution >= 0.6 is 0 Å². The third-order valence-corrected chi connectivity index (χ3v) is 2.28. The highest BCUT2D eigenvalue weighted by molar-refractivity contribution is 6.45. The lowest BCUT2D eigenvalue weighted by Gasteiger charge is -2.07. The minimum Gasteiger partial charge on any atom is -0.478 e. The van der Waals surface area contributed by atoms with Gasteiger partial charge in [-0.1, -0.05) is 13.0 Å². The Bertz CT molecular complexity index is 479. The number of rotatable bonds is 5. The monoisotopic (exact) mass is 235 g/mol. The molecule has 3 N–H and O–H groups in total. The first-order chi connectivity index (χ1) is 7.99. The minimum absolute atomic E-state index is 0.0133. The fraction of sp³-hybridized carbons (Fsp3) is 0.250. The van der Waals surface area contributed by atoms with Crippen molar-refractivity contribution in [2.75, 3.05) is 5.73 Å². The van der Waals surface area contributed by atoms with E-state index in [0.717, 1.165) is 0 Å². The van der Waals surface area contributed by atoms with Gasteiger partial charge in [-0.05, 0) is 18.6 Å². The van der Waals surface area contributed by atoms with Crippen LogP contribution in [0, 0.1) is 0 Å². The van der Waals surface area contributed by atoms with Gasteiger partial charge in [0, 0.05) is 12.1 Å². The number of carboxylic acids is 1. The van der Waals surface area contributed by atoms with Crippen LogP contribution in [0.1, 0.15) is 40.5 Å². The topological polar surface area (TPSA) is 97.5 Å². The average Bonchev–Trinajstić information content (AvgIpc) is 2.28. The Morgan fingerprint density at radius 1 is 1.29 bits per heavy atom. The SMILES string of the molecule is CCCC(=O)C(=O)c1c(N)cccc1C(=O)O. The molecule has 0 amide bonds. The van der Waals surface area contributed by atoms with E-state index in [4.69, 9.17) is 10.8 Å². The quantitative estimate of drug-likeness (QED) is 0.458. The Morgan fingerprint density at radius 2 is 1.94 bits per heavy atom. The van der Waals surface area contributed by atoms with Gasteiger partial charge in [-0.2, -0.15) is 0 Å². The van der Waals surface area contributed by atoms with Crippen molar-refractivity contribution in [1.29, 1.82) is 0 Å². The second-order valence-electron chi connectivity index (χ2n) is 3.58. The summed E-state index contributed by atoms with van der Waals surface area (Å²) in [5.74, 6) is -2.72. The maximum Gasteiger partial charge on any atom is 0.336 e. The molecule has 0 heterocycles. The molecular formula is C12H13NO4. The van der Waals surface area contributed by atoms with Crippen molar-refractivity contribution >= 4 is 23.2 Å². The average molecular weight is 235 g/mol. The van der Waals surface area contributed by atoms with Crippen LogP contribution in [-0.2, 0) is 4.79 Å². The van der Waals surface area contributed by atoms with Crippen LogP contribution in [0.4, 0.5) is 5.69 Å². The second-order valence-corrected chi connectivity index (χ2v) is 3.58. The summed E-state index contributed by atoms with van der Waals surface area (Å²) >= 11 is 0. The summed E-state index contributed by atoms with van der Waals surface area (Å²) in [7, 11) is 0. The molecule has 0 aromatic heterocycles. The van der Waals surface area contributed by atoms with E-state index >= 15 is 0 Å². The van der Waals surface area contributed by atoms with Crippen molar-refractivity contribution in [3.63, 3.8) is 0 Å². The van der Waals surface area contributed by atoms with Crippen molar-refractivity contribution in [2.24, 2.45) is 0 Å². The number of carbonyl (C=O) groups is 3. The Kier molecular flexibility index (Phi) is 3.98. The molecule has 1 aromatic carbocycles. The molecule has 1 rings (SSSR count). The molecule has 0 aliphatic carbocycles. The molecule has 0 saturated heterocycles. The molecule has 1 aromatic rings. The Hall–Kier alpha value is -2.17. The van der Waals surface area contributed by atoms with Crippen LogP contribution in [-0.4, -0.2) is 22.6 Å². The number of ketones is 2. The normalized spacial score (nSPS) is 9.94. The van der Waals surface area contributed by atoms with Gasteiger partial charge in [-0.25, -0.2) is 4.79 Å². The van der Waals surface area contributed by atoms with E-state index in [1.165, 1.54) is 18.2 Å².